The molecule has 1 aromatic carbocycles. The zero-order chi connectivity index (χ0) is 15.5. The summed E-state index contributed by atoms with van der Waals surface area (Å²) in [6.45, 7) is 4.79. The number of nitrogens with one attached hydrogen (secondary N) is 1. The van der Waals surface area contributed by atoms with Crippen molar-refractivity contribution in [3.05, 3.63) is 34.1 Å². The first-order valence-corrected chi connectivity index (χ1v) is 6.16. The molecule has 1 rings (SSSR count). The van der Waals surface area contributed by atoms with Gasteiger partial charge in [0.25, 0.3) is 0 Å². The van der Waals surface area contributed by atoms with Crippen LogP contribution in [0.4, 0.5) is 9.18 Å². The average Bonchev–Trinajstić information content (AvgIpc) is 2.25. The Balaban J connectivity index is 2.85. The van der Waals surface area contributed by atoms with Crippen LogP contribution in [0.2, 0.25) is 5.02 Å². The molecule has 0 bridgehead atoms. The van der Waals surface area contributed by atoms with Gasteiger partial charge in [0.05, 0.1) is 17.1 Å². The molecule has 0 aliphatic rings. The van der Waals surface area contributed by atoms with Crippen LogP contribution in [0, 0.1) is 5.82 Å². The molecule has 0 aliphatic heterocycles. The molecule has 0 fully saturated rings. The van der Waals surface area contributed by atoms with Crippen LogP contribution in [-0.4, -0.2) is 22.8 Å². The van der Waals surface area contributed by atoms with E-state index in [1.54, 1.807) is 20.8 Å². The fourth-order valence-electron chi connectivity index (χ4n) is 1.40. The van der Waals surface area contributed by atoms with E-state index in [1.165, 1.54) is 0 Å². The molecule has 0 spiro atoms. The molecule has 0 aliphatic carbocycles. The lowest BCUT2D eigenvalue weighted by Gasteiger charge is -2.20. The number of carboxylic acid groups (broad SMARTS) is 1. The Kier molecular flexibility index (Phi) is 4.94. The van der Waals surface area contributed by atoms with Crippen LogP contribution < -0.4 is 5.32 Å². The first-order valence-electron chi connectivity index (χ1n) is 5.79. The predicted octanol–water partition coefficient (Wildman–Crippen LogP) is 3.20. The Morgan fingerprint density at radius 1 is 1.40 bits per heavy atom. The summed E-state index contributed by atoms with van der Waals surface area (Å²) in [6, 6.07) is 2.05. The van der Waals surface area contributed by atoms with Crippen LogP contribution in [0.15, 0.2) is 12.1 Å². The van der Waals surface area contributed by atoms with Crippen LogP contribution in [0.1, 0.15) is 36.7 Å². The number of aromatic carboxylic acids is 1. The topological polar surface area (TPSA) is 75.6 Å². The van der Waals surface area contributed by atoms with E-state index >= 15 is 0 Å². The van der Waals surface area contributed by atoms with Gasteiger partial charge in [0.2, 0.25) is 0 Å². The number of hydrogen-bond donors (Lipinski definition) is 2. The number of alkyl carbamates (subject to hydrolysis) is 1. The normalized spacial score (nSPS) is 11.1. The van der Waals surface area contributed by atoms with Crippen LogP contribution in [0.3, 0.4) is 0 Å². The maximum Gasteiger partial charge on any atom is 0.407 e. The highest BCUT2D eigenvalue weighted by Gasteiger charge is 2.19. The van der Waals surface area contributed by atoms with Gasteiger partial charge >= 0.3 is 12.1 Å². The minimum atomic E-state index is -1.27. The number of halogens is 2. The van der Waals surface area contributed by atoms with Crippen molar-refractivity contribution in [2.75, 3.05) is 0 Å². The van der Waals surface area contributed by atoms with Gasteiger partial charge in [0.15, 0.2) is 0 Å². The summed E-state index contributed by atoms with van der Waals surface area (Å²) in [7, 11) is 0. The molecule has 0 radical (unpaired) electrons. The largest absolute Gasteiger partial charge is 0.478 e. The maximum absolute atomic E-state index is 13.6. The number of rotatable bonds is 3. The van der Waals surface area contributed by atoms with Gasteiger partial charge in [-0.05, 0) is 32.9 Å². The first kappa shape index (κ1) is 16.2. The Labute approximate surface area is 120 Å². The molecule has 1 amide bonds. The van der Waals surface area contributed by atoms with Crippen molar-refractivity contribution in [3.63, 3.8) is 0 Å². The summed E-state index contributed by atoms with van der Waals surface area (Å²) in [5, 5.41) is 11.0. The van der Waals surface area contributed by atoms with E-state index in [4.69, 9.17) is 21.4 Å². The quantitative estimate of drug-likeness (QED) is 0.899. The van der Waals surface area contributed by atoms with Crippen molar-refractivity contribution >= 4 is 23.7 Å². The highest BCUT2D eigenvalue weighted by atomic mass is 35.5. The Morgan fingerprint density at radius 2 is 2.00 bits per heavy atom. The summed E-state index contributed by atoms with van der Waals surface area (Å²) in [5.41, 5.74) is -1.01. The smallest absolute Gasteiger partial charge is 0.407 e. The third-order valence-electron chi connectivity index (χ3n) is 2.22. The van der Waals surface area contributed by atoms with E-state index in [-0.39, 0.29) is 22.7 Å². The summed E-state index contributed by atoms with van der Waals surface area (Å²) in [5.74, 6) is -1.97. The second-order valence-corrected chi connectivity index (χ2v) is 5.43. The number of carboxylic acids is 1. The fraction of sp³-hybridized carbons (Fsp3) is 0.385. The lowest BCUT2D eigenvalue weighted by atomic mass is 10.1. The van der Waals surface area contributed by atoms with E-state index in [0.717, 1.165) is 12.1 Å². The number of carbonyl (C=O) groups excluding carboxylic acids is 1. The molecule has 0 saturated carbocycles. The van der Waals surface area contributed by atoms with Gasteiger partial charge in [0, 0.05) is 5.56 Å². The van der Waals surface area contributed by atoms with Crippen LogP contribution in [-0.2, 0) is 11.3 Å². The maximum atomic E-state index is 13.6. The molecule has 1 aromatic rings. The van der Waals surface area contributed by atoms with Crippen molar-refractivity contribution in [1.29, 1.82) is 0 Å². The monoisotopic (exact) mass is 303 g/mol. The summed E-state index contributed by atoms with van der Waals surface area (Å²) >= 11 is 5.81. The Bertz CT molecular complexity index is 540. The van der Waals surface area contributed by atoms with E-state index < -0.39 is 23.5 Å². The molecule has 7 heteroatoms. The molecule has 0 unspecified atom stereocenters. The molecule has 0 aromatic heterocycles. The minimum Gasteiger partial charge on any atom is -0.478 e. The highest BCUT2D eigenvalue weighted by Crippen LogP contribution is 2.24. The number of ether oxygens (including phenoxy) is 1. The molecule has 5 nitrogen and oxygen atoms in total. The van der Waals surface area contributed by atoms with Gasteiger partial charge in [-0.25, -0.2) is 14.0 Å². The van der Waals surface area contributed by atoms with Gasteiger partial charge in [0.1, 0.15) is 11.4 Å². The van der Waals surface area contributed by atoms with Crippen LogP contribution in [0.5, 0.6) is 0 Å². The standard InChI is InChI=1S/C13H15ClFNO4/c1-13(2,3)20-12(19)16-6-8-9(15)5-4-7(10(8)14)11(17)18/h4-5H,6H2,1-3H3,(H,16,19)(H,17,18). The predicted molar refractivity (Wildman–Crippen MR) is 71.4 cm³/mol. The molecule has 0 saturated heterocycles. The molecule has 0 heterocycles. The molecule has 2 N–H and O–H groups in total. The van der Waals surface area contributed by atoms with E-state index in [2.05, 4.69) is 5.32 Å². The van der Waals surface area contributed by atoms with Crippen LogP contribution >= 0.6 is 11.6 Å². The second kappa shape index (κ2) is 6.09. The fourth-order valence-corrected chi connectivity index (χ4v) is 1.70. The molecule has 110 valence electrons. The van der Waals surface area contributed by atoms with Crippen molar-refractivity contribution in [3.8, 4) is 0 Å². The third-order valence-corrected chi connectivity index (χ3v) is 2.66. The lowest BCUT2D eigenvalue weighted by Crippen LogP contribution is -2.32. The van der Waals surface area contributed by atoms with Crippen molar-refractivity contribution in [2.45, 2.75) is 32.9 Å². The zero-order valence-electron chi connectivity index (χ0n) is 11.3. The van der Waals surface area contributed by atoms with Crippen molar-refractivity contribution < 1.29 is 23.8 Å². The summed E-state index contributed by atoms with van der Waals surface area (Å²) in [4.78, 5) is 22.4. The number of hydrogen-bond acceptors (Lipinski definition) is 3. The third kappa shape index (κ3) is 4.38. The molecular weight excluding hydrogens is 289 g/mol. The number of carbonyl (C=O) groups is 2. The van der Waals surface area contributed by atoms with Crippen molar-refractivity contribution in [2.24, 2.45) is 0 Å². The van der Waals surface area contributed by atoms with Gasteiger partial charge in [-0.1, -0.05) is 11.6 Å². The first-order chi connectivity index (χ1) is 9.11. The molecular formula is C13H15ClFNO4. The highest BCUT2D eigenvalue weighted by molar-refractivity contribution is 6.34. The molecule has 0 atom stereocenters. The average molecular weight is 304 g/mol. The van der Waals surface area contributed by atoms with E-state index in [9.17, 15) is 14.0 Å². The van der Waals surface area contributed by atoms with Crippen LogP contribution in [0.25, 0.3) is 0 Å². The molecule has 20 heavy (non-hydrogen) atoms. The Morgan fingerprint density at radius 3 is 2.50 bits per heavy atom. The van der Waals surface area contributed by atoms with E-state index in [0.29, 0.717) is 0 Å². The Hall–Kier alpha value is -1.82. The summed E-state index contributed by atoms with van der Waals surface area (Å²) < 4.78 is 18.6. The van der Waals surface area contributed by atoms with Gasteiger partial charge in [-0.2, -0.15) is 0 Å². The minimum absolute atomic E-state index is 0.0996. The SMILES string of the molecule is CC(C)(C)OC(=O)NCc1c(F)ccc(C(=O)O)c1Cl. The summed E-state index contributed by atoms with van der Waals surface area (Å²) in [6.07, 6.45) is -0.742. The number of benzene rings is 1. The van der Waals surface area contributed by atoms with Gasteiger partial charge < -0.3 is 15.2 Å². The van der Waals surface area contributed by atoms with Crippen molar-refractivity contribution in [1.82, 2.24) is 5.32 Å². The second-order valence-electron chi connectivity index (χ2n) is 5.05. The zero-order valence-corrected chi connectivity index (χ0v) is 12.0. The number of amides is 1. The lowest BCUT2D eigenvalue weighted by molar-refractivity contribution is 0.0523. The van der Waals surface area contributed by atoms with E-state index in [1.807, 2.05) is 0 Å². The van der Waals surface area contributed by atoms with Gasteiger partial charge in [-0.15, -0.1) is 0 Å². The van der Waals surface area contributed by atoms with Gasteiger partial charge in [-0.3, -0.25) is 0 Å².